The van der Waals surface area contributed by atoms with Gasteiger partial charge in [-0.3, -0.25) is 0 Å². The first kappa shape index (κ1) is 14.5. The number of rotatable bonds is 4. The Morgan fingerprint density at radius 3 is 2.60 bits per heavy atom. The number of aryl methyl sites for hydroxylation is 1. The lowest BCUT2D eigenvalue weighted by Gasteiger charge is -2.18. The second kappa shape index (κ2) is 6.05. The normalized spacial score (nSPS) is 11.9. The first-order valence-corrected chi connectivity index (χ1v) is 6.78. The third kappa shape index (κ3) is 3.17. The Hall–Kier alpha value is -1.88. The van der Waals surface area contributed by atoms with Gasteiger partial charge in [-0.2, -0.15) is 0 Å². The highest BCUT2D eigenvalue weighted by molar-refractivity contribution is 9.10. The topological polar surface area (TPSA) is 49.3 Å². The summed E-state index contributed by atoms with van der Waals surface area (Å²) in [5.74, 6) is -1.55. The summed E-state index contributed by atoms with van der Waals surface area (Å²) in [4.78, 5) is 11.4. The van der Waals surface area contributed by atoms with Crippen molar-refractivity contribution in [3.05, 3.63) is 63.9 Å². The van der Waals surface area contributed by atoms with E-state index in [9.17, 15) is 14.3 Å². The van der Waals surface area contributed by atoms with Crippen molar-refractivity contribution in [3.8, 4) is 0 Å². The van der Waals surface area contributed by atoms with E-state index in [0.29, 0.717) is 15.7 Å². The third-order valence-electron chi connectivity index (χ3n) is 2.97. The Bertz CT molecular complexity index is 646. The van der Waals surface area contributed by atoms with Crippen molar-refractivity contribution in [1.29, 1.82) is 0 Å². The van der Waals surface area contributed by atoms with Crippen LogP contribution >= 0.6 is 15.9 Å². The van der Waals surface area contributed by atoms with Crippen molar-refractivity contribution in [3.63, 3.8) is 0 Å². The van der Waals surface area contributed by atoms with Crippen molar-refractivity contribution < 1.29 is 14.3 Å². The zero-order valence-corrected chi connectivity index (χ0v) is 12.3. The quantitative estimate of drug-likeness (QED) is 0.881. The standard InChI is InChI=1S/C15H13BrFNO2/c1-9-4-2-3-5-13(9)18-14(15(19)20)10-6-7-11(16)12(17)8-10/h2-8,14,18H,1H3,(H,19,20). The largest absolute Gasteiger partial charge is 0.479 e. The number of aliphatic carboxylic acids is 1. The van der Waals surface area contributed by atoms with Gasteiger partial charge >= 0.3 is 5.97 Å². The molecule has 1 unspecified atom stereocenters. The predicted molar refractivity (Wildman–Crippen MR) is 79.3 cm³/mol. The minimum atomic E-state index is -1.06. The van der Waals surface area contributed by atoms with E-state index in [1.54, 1.807) is 12.1 Å². The van der Waals surface area contributed by atoms with Crippen LogP contribution in [0.1, 0.15) is 17.2 Å². The van der Waals surface area contributed by atoms with Crippen molar-refractivity contribution in [2.75, 3.05) is 5.32 Å². The minimum absolute atomic E-state index is 0.307. The third-order valence-corrected chi connectivity index (χ3v) is 3.61. The molecule has 0 saturated heterocycles. The van der Waals surface area contributed by atoms with E-state index in [0.717, 1.165) is 5.56 Å². The number of hydrogen-bond acceptors (Lipinski definition) is 2. The van der Waals surface area contributed by atoms with Gasteiger partial charge in [0.25, 0.3) is 0 Å². The fourth-order valence-corrected chi connectivity index (χ4v) is 2.12. The van der Waals surface area contributed by atoms with E-state index in [4.69, 9.17) is 0 Å². The molecular formula is C15H13BrFNO2. The first-order chi connectivity index (χ1) is 9.49. The van der Waals surface area contributed by atoms with Crippen molar-refractivity contribution in [2.45, 2.75) is 13.0 Å². The molecule has 0 aromatic heterocycles. The maximum atomic E-state index is 13.6. The minimum Gasteiger partial charge on any atom is -0.479 e. The molecule has 0 saturated carbocycles. The van der Waals surface area contributed by atoms with Crippen LogP contribution in [0.5, 0.6) is 0 Å². The molecule has 0 bridgehead atoms. The smallest absolute Gasteiger partial charge is 0.330 e. The molecule has 0 spiro atoms. The lowest BCUT2D eigenvalue weighted by molar-refractivity contribution is -0.138. The van der Waals surface area contributed by atoms with Gasteiger partial charge in [-0.05, 0) is 52.2 Å². The molecule has 20 heavy (non-hydrogen) atoms. The molecular weight excluding hydrogens is 325 g/mol. The van der Waals surface area contributed by atoms with Crippen LogP contribution in [-0.4, -0.2) is 11.1 Å². The first-order valence-electron chi connectivity index (χ1n) is 5.99. The van der Waals surface area contributed by atoms with Crippen molar-refractivity contribution in [2.24, 2.45) is 0 Å². The highest BCUT2D eigenvalue weighted by Crippen LogP contribution is 2.25. The molecule has 0 heterocycles. The number of benzene rings is 2. The number of carboxylic acid groups (broad SMARTS) is 1. The maximum absolute atomic E-state index is 13.6. The fraction of sp³-hybridized carbons (Fsp3) is 0.133. The molecule has 2 N–H and O–H groups in total. The molecule has 2 aromatic rings. The lowest BCUT2D eigenvalue weighted by atomic mass is 10.1. The van der Waals surface area contributed by atoms with Crippen LogP contribution in [0.25, 0.3) is 0 Å². The van der Waals surface area contributed by atoms with Gasteiger partial charge in [0.15, 0.2) is 6.04 Å². The van der Waals surface area contributed by atoms with E-state index >= 15 is 0 Å². The molecule has 0 radical (unpaired) electrons. The summed E-state index contributed by atoms with van der Waals surface area (Å²) in [6.07, 6.45) is 0. The summed E-state index contributed by atoms with van der Waals surface area (Å²) in [6, 6.07) is 10.7. The molecule has 0 aliphatic heterocycles. The Labute approximate surface area is 124 Å². The van der Waals surface area contributed by atoms with Crippen LogP contribution < -0.4 is 5.32 Å². The van der Waals surface area contributed by atoms with E-state index < -0.39 is 17.8 Å². The van der Waals surface area contributed by atoms with Crippen LogP contribution in [0.3, 0.4) is 0 Å². The zero-order valence-electron chi connectivity index (χ0n) is 10.7. The molecule has 3 nitrogen and oxygen atoms in total. The summed E-state index contributed by atoms with van der Waals surface area (Å²) < 4.78 is 13.9. The molecule has 104 valence electrons. The summed E-state index contributed by atoms with van der Waals surface area (Å²) in [7, 11) is 0. The number of halogens is 2. The number of anilines is 1. The van der Waals surface area contributed by atoms with Gasteiger partial charge in [0.2, 0.25) is 0 Å². The monoisotopic (exact) mass is 337 g/mol. The van der Waals surface area contributed by atoms with E-state index in [1.807, 2.05) is 25.1 Å². The fourth-order valence-electron chi connectivity index (χ4n) is 1.87. The second-order valence-corrected chi connectivity index (χ2v) is 5.26. The molecule has 0 fully saturated rings. The average molecular weight is 338 g/mol. The molecule has 2 aromatic carbocycles. The molecule has 1 atom stereocenters. The summed E-state index contributed by atoms with van der Waals surface area (Å²) in [5, 5.41) is 12.3. The highest BCUT2D eigenvalue weighted by atomic mass is 79.9. The number of carboxylic acids is 1. The SMILES string of the molecule is Cc1ccccc1NC(C(=O)O)c1ccc(Br)c(F)c1. The Balaban J connectivity index is 2.34. The van der Waals surface area contributed by atoms with Gasteiger partial charge in [-0.1, -0.05) is 24.3 Å². The van der Waals surface area contributed by atoms with Crippen LogP contribution in [0.2, 0.25) is 0 Å². The van der Waals surface area contributed by atoms with Gasteiger partial charge in [0, 0.05) is 5.69 Å². The maximum Gasteiger partial charge on any atom is 0.330 e. The molecule has 2 rings (SSSR count). The Morgan fingerprint density at radius 1 is 1.30 bits per heavy atom. The number of carbonyl (C=O) groups is 1. The average Bonchev–Trinajstić information content (AvgIpc) is 2.41. The predicted octanol–water partition coefficient (Wildman–Crippen LogP) is 4.13. The Kier molecular flexibility index (Phi) is 4.39. The van der Waals surface area contributed by atoms with Crippen LogP contribution in [0.15, 0.2) is 46.9 Å². The van der Waals surface area contributed by atoms with E-state index in [-0.39, 0.29) is 0 Å². The zero-order chi connectivity index (χ0) is 14.7. The molecule has 5 heteroatoms. The summed E-state index contributed by atoms with van der Waals surface area (Å²) in [6.45, 7) is 1.88. The second-order valence-electron chi connectivity index (χ2n) is 4.40. The van der Waals surface area contributed by atoms with Crippen LogP contribution in [0.4, 0.5) is 10.1 Å². The molecule has 0 aliphatic rings. The van der Waals surface area contributed by atoms with Crippen LogP contribution in [-0.2, 0) is 4.79 Å². The van der Waals surface area contributed by atoms with Gasteiger partial charge in [-0.25, -0.2) is 9.18 Å². The van der Waals surface area contributed by atoms with E-state index in [1.165, 1.54) is 12.1 Å². The summed E-state index contributed by atoms with van der Waals surface area (Å²) >= 11 is 3.05. The van der Waals surface area contributed by atoms with Gasteiger partial charge in [0.05, 0.1) is 4.47 Å². The number of para-hydroxylation sites is 1. The Morgan fingerprint density at radius 2 is 2.00 bits per heavy atom. The molecule has 0 amide bonds. The van der Waals surface area contributed by atoms with Crippen molar-refractivity contribution >= 4 is 27.6 Å². The molecule has 0 aliphatic carbocycles. The van der Waals surface area contributed by atoms with Gasteiger partial charge in [0.1, 0.15) is 5.82 Å². The lowest BCUT2D eigenvalue weighted by Crippen LogP contribution is -2.21. The van der Waals surface area contributed by atoms with Gasteiger partial charge < -0.3 is 10.4 Å². The number of hydrogen-bond donors (Lipinski definition) is 2. The van der Waals surface area contributed by atoms with Crippen molar-refractivity contribution in [1.82, 2.24) is 0 Å². The summed E-state index contributed by atoms with van der Waals surface area (Å²) in [5.41, 5.74) is 2.00. The van der Waals surface area contributed by atoms with Crippen LogP contribution in [0, 0.1) is 12.7 Å². The van der Waals surface area contributed by atoms with E-state index in [2.05, 4.69) is 21.2 Å². The number of nitrogens with one attached hydrogen (secondary N) is 1. The highest BCUT2D eigenvalue weighted by Gasteiger charge is 2.21. The van der Waals surface area contributed by atoms with Gasteiger partial charge in [-0.15, -0.1) is 0 Å².